The topological polar surface area (TPSA) is 63.2 Å². The molecule has 5 nitrogen and oxygen atoms in total. The summed E-state index contributed by atoms with van der Waals surface area (Å²) in [6, 6.07) is 21.3. The van der Waals surface area contributed by atoms with E-state index in [0.717, 1.165) is 34.2 Å². The van der Waals surface area contributed by atoms with Crippen molar-refractivity contribution in [3.05, 3.63) is 77.7 Å². The van der Waals surface area contributed by atoms with Gasteiger partial charge in [-0.3, -0.25) is 10.1 Å². The van der Waals surface area contributed by atoms with Crippen molar-refractivity contribution in [1.82, 2.24) is 10.3 Å². The van der Waals surface area contributed by atoms with E-state index >= 15 is 0 Å². The van der Waals surface area contributed by atoms with Crippen LogP contribution in [0.1, 0.15) is 23.7 Å². The van der Waals surface area contributed by atoms with E-state index in [1.807, 2.05) is 30.5 Å². The van der Waals surface area contributed by atoms with Gasteiger partial charge in [0, 0.05) is 16.5 Å². The number of hydrogen-bond acceptors (Lipinski definition) is 5. The Morgan fingerprint density at radius 3 is 2.65 bits per heavy atom. The van der Waals surface area contributed by atoms with Crippen LogP contribution in [-0.2, 0) is 0 Å². The van der Waals surface area contributed by atoms with Crippen LogP contribution in [-0.4, -0.2) is 22.6 Å². The first-order valence-corrected chi connectivity index (χ1v) is 11.2. The Bertz CT molecular complexity index is 1210. The van der Waals surface area contributed by atoms with E-state index in [1.54, 1.807) is 24.3 Å². The van der Waals surface area contributed by atoms with Crippen molar-refractivity contribution in [1.29, 1.82) is 0 Å². The van der Waals surface area contributed by atoms with Gasteiger partial charge in [0.2, 0.25) is 0 Å². The SMILES string of the molecule is CCCOc1ccc(C(=O)NC(=S)Nc2nc(-c3cccc4ccccc34)cs2)cc1. The molecular formula is C24H21N3O2S2. The zero-order valence-electron chi connectivity index (χ0n) is 16.9. The van der Waals surface area contributed by atoms with Gasteiger partial charge in [0.05, 0.1) is 12.3 Å². The van der Waals surface area contributed by atoms with Gasteiger partial charge in [0.15, 0.2) is 10.2 Å². The smallest absolute Gasteiger partial charge is 0.257 e. The maximum atomic E-state index is 12.4. The molecule has 156 valence electrons. The number of carbonyl (C=O) groups is 1. The molecule has 3 aromatic carbocycles. The van der Waals surface area contributed by atoms with Crippen LogP contribution < -0.4 is 15.4 Å². The van der Waals surface area contributed by atoms with Crippen molar-refractivity contribution in [2.24, 2.45) is 0 Å². The van der Waals surface area contributed by atoms with Gasteiger partial charge in [-0.05, 0) is 53.7 Å². The fraction of sp³-hybridized carbons (Fsp3) is 0.125. The highest BCUT2D eigenvalue weighted by Gasteiger charge is 2.12. The summed E-state index contributed by atoms with van der Waals surface area (Å²) in [6.45, 7) is 2.69. The Hall–Kier alpha value is -3.29. The molecule has 31 heavy (non-hydrogen) atoms. The third-order valence-electron chi connectivity index (χ3n) is 4.61. The average molecular weight is 448 g/mol. The van der Waals surface area contributed by atoms with E-state index < -0.39 is 0 Å². The normalized spacial score (nSPS) is 10.6. The molecule has 1 amide bonds. The second-order valence-electron chi connectivity index (χ2n) is 6.85. The van der Waals surface area contributed by atoms with Gasteiger partial charge < -0.3 is 10.1 Å². The highest BCUT2D eigenvalue weighted by molar-refractivity contribution is 7.80. The molecule has 0 fully saturated rings. The molecule has 4 aromatic rings. The summed E-state index contributed by atoms with van der Waals surface area (Å²) in [4.78, 5) is 17.1. The molecule has 0 saturated heterocycles. The molecular weight excluding hydrogens is 426 g/mol. The van der Waals surface area contributed by atoms with Crippen LogP contribution in [0.25, 0.3) is 22.0 Å². The van der Waals surface area contributed by atoms with Crippen molar-refractivity contribution >= 4 is 50.5 Å². The van der Waals surface area contributed by atoms with Crippen molar-refractivity contribution in [2.45, 2.75) is 13.3 Å². The highest BCUT2D eigenvalue weighted by atomic mass is 32.1. The number of amides is 1. The fourth-order valence-electron chi connectivity index (χ4n) is 3.13. The van der Waals surface area contributed by atoms with Gasteiger partial charge >= 0.3 is 0 Å². The molecule has 0 aliphatic rings. The standard InChI is InChI=1S/C24H21N3O2S2/c1-2-14-29-18-12-10-17(11-13-18)22(28)26-23(30)27-24-25-21(15-31-24)20-9-5-7-16-6-3-4-8-19(16)20/h3-13,15H,2,14H2,1H3,(H2,25,26,27,28,30). The maximum absolute atomic E-state index is 12.4. The minimum Gasteiger partial charge on any atom is -0.494 e. The van der Waals surface area contributed by atoms with Crippen molar-refractivity contribution < 1.29 is 9.53 Å². The van der Waals surface area contributed by atoms with Gasteiger partial charge in [-0.15, -0.1) is 11.3 Å². The number of benzene rings is 3. The minimum atomic E-state index is -0.287. The van der Waals surface area contributed by atoms with E-state index in [-0.39, 0.29) is 11.0 Å². The number of anilines is 1. The Morgan fingerprint density at radius 1 is 1.06 bits per heavy atom. The van der Waals surface area contributed by atoms with Gasteiger partial charge in [-0.1, -0.05) is 49.4 Å². The summed E-state index contributed by atoms with van der Waals surface area (Å²) in [5, 5.41) is 10.8. The third-order valence-corrected chi connectivity index (χ3v) is 5.57. The van der Waals surface area contributed by atoms with Crippen molar-refractivity contribution in [3.8, 4) is 17.0 Å². The molecule has 0 unspecified atom stereocenters. The van der Waals surface area contributed by atoms with Gasteiger partial charge in [0.1, 0.15) is 5.75 Å². The largest absolute Gasteiger partial charge is 0.494 e. The number of nitrogens with one attached hydrogen (secondary N) is 2. The molecule has 0 aliphatic heterocycles. The number of aromatic nitrogens is 1. The zero-order valence-corrected chi connectivity index (χ0v) is 18.6. The lowest BCUT2D eigenvalue weighted by atomic mass is 10.0. The second kappa shape index (κ2) is 9.68. The van der Waals surface area contributed by atoms with Crippen LogP contribution >= 0.6 is 23.6 Å². The molecule has 4 rings (SSSR count). The van der Waals surface area contributed by atoms with Crippen LogP contribution in [0.2, 0.25) is 0 Å². The monoisotopic (exact) mass is 447 g/mol. The van der Waals surface area contributed by atoms with Crippen molar-refractivity contribution in [2.75, 3.05) is 11.9 Å². The Kier molecular flexibility index (Phi) is 6.54. The fourth-order valence-corrected chi connectivity index (χ4v) is 4.10. The molecule has 0 saturated carbocycles. The number of thiocarbonyl (C=S) groups is 1. The number of fused-ring (bicyclic) bond motifs is 1. The average Bonchev–Trinajstić information content (AvgIpc) is 3.25. The van der Waals surface area contributed by atoms with E-state index in [9.17, 15) is 4.79 Å². The highest BCUT2D eigenvalue weighted by Crippen LogP contribution is 2.30. The van der Waals surface area contributed by atoms with E-state index in [0.29, 0.717) is 17.3 Å². The predicted octanol–water partition coefficient (Wildman–Crippen LogP) is 5.88. The number of nitrogens with zero attached hydrogens (tertiary/aromatic N) is 1. The molecule has 0 aliphatic carbocycles. The van der Waals surface area contributed by atoms with Crippen LogP contribution in [0.3, 0.4) is 0 Å². The molecule has 0 spiro atoms. The minimum absolute atomic E-state index is 0.204. The van der Waals surface area contributed by atoms with Crippen LogP contribution in [0, 0.1) is 0 Å². The Morgan fingerprint density at radius 2 is 1.84 bits per heavy atom. The molecule has 1 heterocycles. The van der Waals surface area contributed by atoms with Gasteiger partial charge in [0.25, 0.3) is 5.91 Å². The Balaban J connectivity index is 1.40. The molecule has 0 bridgehead atoms. The quantitative estimate of drug-likeness (QED) is 0.362. The molecule has 1 aromatic heterocycles. The summed E-state index contributed by atoms with van der Waals surface area (Å²) in [6.07, 6.45) is 0.932. The van der Waals surface area contributed by atoms with E-state index in [4.69, 9.17) is 17.0 Å². The molecule has 7 heteroatoms. The lowest BCUT2D eigenvalue weighted by Crippen LogP contribution is -2.34. The maximum Gasteiger partial charge on any atom is 0.257 e. The van der Waals surface area contributed by atoms with E-state index in [1.165, 1.54) is 11.3 Å². The van der Waals surface area contributed by atoms with E-state index in [2.05, 4.69) is 39.9 Å². The predicted molar refractivity (Wildman–Crippen MR) is 131 cm³/mol. The van der Waals surface area contributed by atoms with Gasteiger partial charge in [-0.2, -0.15) is 0 Å². The summed E-state index contributed by atoms with van der Waals surface area (Å²) < 4.78 is 5.54. The summed E-state index contributed by atoms with van der Waals surface area (Å²) in [5.74, 6) is 0.452. The van der Waals surface area contributed by atoms with Crippen LogP contribution in [0.5, 0.6) is 5.75 Å². The first-order valence-electron chi connectivity index (χ1n) is 9.93. The second-order valence-corrected chi connectivity index (χ2v) is 8.11. The summed E-state index contributed by atoms with van der Waals surface area (Å²) >= 11 is 6.73. The first kappa shape index (κ1) is 21.0. The summed E-state index contributed by atoms with van der Waals surface area (Å²) in [5.41, 5.74) is 2.42. The van der Waals surface area contributed by atoms with Crippen molar-refractivity contribution in [3.63, 3.8) is 0 Å². The number of rotatable bonds is 6. The molecule has 0 radical (unpaired) electrons. The number of ether oxygens (including phenoxy) is 1. The lowest BCUT2D eigenvalue weighted by molar-refractivity contribution is 0.0977. The van der Waals surface area contributed by atoms with Crippen LogP contribution in [0.4, 0.5) is 5.13 Å². The van der Waals surface area contributed by atoms with Crippen LogP contribution in [0.15, 0.2) is 72.1 Å². The molecule has 2 N–H and O–H groups in total. The third kappa shape index (κ3) is 5.07. The Labute approximate surface area is 190 Å². The first-order chi connectivity index (χ1) is 15.1. The van der Waals surface area contributed by atoms with Gasteiger partial charge in [-0.25, -0.2) is 4.98 Å². The number of carbonyl (C=O) groups excluding carboxylic acids is 1. The number of hydrogen-bond donors (Lipinski definition) is 2. The number of thiazole rings is 1. The molecule has 0 atom stereocenters. The lowest BCUT2D eigenvalue weighted by Gasteiger charge is -2.08. The summed E-state index contributed by atoms with van der Waals surface area (Å²) in [7, 11) is 0. The zero-order chi connectivity index (χ0) is 21.6.